The second kappa shape index (κ2) is 1220. The Morgan fingerprint density at radius 1 is 0.0517 bits per heavy atom. The molecule has 0 fully saturated rings. The van der Waals surface area contributed by atoms with Crippen LogP contribution in [0.2, 0.25) is 0 Å². The molecule has 0 aromatic heterocycles. The monoisotopic (exact) mass is 1940 g/mol. The van der Waals surface area contributed by atoms with E-state index in [1.54, 1.807) is 0 Å². The molecule has 0 atom stereocenters. The summed E-state index contributed by atoms with van der Waals surface area (Å²) in [5, 5.41) is 0. The minimum atomic E-state index is 0. The van der Waals surface area contributed by atoms with Gasteiger partial charge in [0.15, 0.2) is 0 Å². The SMILES string of the molecule is [Be+2].[Be+2].[Be+2].[Be+2].[Be+2].[Be+2].[Be+2].[Be+2].[Be+2].[Be+2].[Be+2].[Be+2].[Be+2].[Be+2].[Be+2].[Be+2].[Be+2].[Be+2].[Be+2].[Be+2].[Be+2].[Be+2].[Be+2].[Be+2].[Be+2].[Be+2].[Be+2].[Be+2].[Be+2].[Be+2].[Be+2].[Be+2].[Be+2].[Cu].[Cu].[Cu].[Cu].[Cu].[Cu].[Cu].[Cu].[Cu].[Cu].[Cu].[Cu].[Cu].[Cu].[Cu].[Cu].[Cu].[Cu].[Cu].[Cu].[Cu].[Cu].[Cu].[Cu].[Cu].[H-].[H-].[H-].[H-].[H-].[H-].[H-].[H-].[H-].[H-].[H-].[H-].[H-].[H-].[H-].[H-].[H-].[H-].[H-].[H-].[H-].[H-].[H-].[H-].[H-].[H-].[H-].[H-].[H-].[H-].[H-].[H-].[H-].[H-].[H-].[H-].[H-].[H-].[H-].[H-].[H-].[H-].[H-].[H-].[H-].[H-].[H-].[H-].[H-].[H-].[H-].[H-].[H-].[H-].[H-].[H-].[H-].[H-].[H-].[H-].[H-].[H-].[H-].[H-].[H-].[H-]. The van der Waals surface area contributed by atoms with Crippen LogP contribution in [0.5, 0.6) is 0 Å². The first-order valence-electron chi connectivity index (χ1n) is 0. The van der Waals surface area contributed by atoms with Gasteiger partial charge < -0.3 is 94.2 Å². The average Bonchev–Trinajstić information content (AvgIpc) is 0. The van der Waals surface area contributed by atoms with Gasteiger partial charge in [0.05, 0.1) is 0 Å². The fourth-order valence-corrected chi connectivity index (χ4v) is 0. The van der Waals surface area contributed by atoms with E-state index in [4.69, 9.17) is 0 Å². The zero-order valence-electron chi connectivity index (χ0n) is 96.9. The summed E-state index contributed by atoms with van der Waals surface area (Å²) < 4.78 is 0. The summed E-state index contributed by atoms with van der Waals surface area (Å²) in [5.41, 5.74) is 0. The van der Waals surface area contributed by atoms with Gasteiger partial charge in [0.1, 0.15) is 0 Å². The van der Waals surface area contributed by atoms with Crippen LogP contribution in [0.15, 0.2) is 0 Å². The summed E-state index contributed by atoms with van der Waals surface area (Å²) in [4.78, 5) is 0. The van der Waals surface area contributed by atoms with E-state index in [1.807, 2.05) is 0 Å². The molecule has 0 spiro atoms. The molecule has 0 amide bonds. The summed E-state index contributed by atoms with van der Waals surface area (Å²) in [5.74, 6) is 0. The normalized spacial score (nSPS) is 0. The van der Waals surface area contributed by atoms with Crippen molar-refractivity contribution in [3.05, 3.63) is 0 Å². The Labute approximate surface area is 843 Å². The second-order valence-corrected chi connectivity index (χ2v) is 0. The zero-order chi connectivity index (χ0) is 0. The van der Waals surface area contributed by atoms with Gasteiger partial charge in [0, 0.05) is 427 Å². The number of hydrogen-bond donors (Lipinski definition) is 0. The minimum absolute atomic E-state index is 0. The van der Waals surface area contributed by atoms with Crippen molar-refractivity contribution >= 4 is 334 Å². The molecule has 0 saturated heterocycles. The number of hydrogen-bond acceptors (Lipinski definition) is 0. The maximum absolute atomic E-state index is 0. The molecule has 0 aliphatic heterocycles. The van der Waals surface area contributed by atoms with E-state index < -0.39 is 0 Å². The summed E-state index contributed by atoms with van der Waals surface area (Å²) in [6, 6.07) is 0. The Morgan fingerprint density at radius 3 is 0.0517 bits per heavy atom. The molecule has 407 valence electrons. The average molecular weight is 1950 g/mol. The van der Waals surface area contributed by atoms with Crippen molar-refractivity contribution in [3.8, 4) is 0 Å². The van der Waals surface area contributed by atoms with E-state index in [2.05, 4.69) is 0 Å². The molecule has 25 radical (unpaired) electrons. The van der Waals surface area contributed by atoms with Gasteiger partial charge in [-0.3, -0.25) is 0 Å². The largest absolute Gasteiger partial charge is 2.00 e. The van der Waals surface area contributed by atoms with E-state index in [-0.39, 0.29) is 855 Å². The molecular weight excluding hydrogens is 1890 g/mol. The third kappa shape index (κ3) is 1170. The quantitative estimate of drug-likeness (QED) is 0.214. The van der Waals surface area contributed by atoms with E-state index >= 15 is 0 Å². The number of rotatable bonds is 0. The van der Waals surface area contributed by atoms with Gasteiger partial charge in [-0.1, -0.05) is 0 Å². The third-order valence-corrected chi connectivity index (χ3v) is 0. The molecule has 0 saturated carbocycles. The summed E-state index contributed by atoms with van der Waals surface area (Å²) >= 11 is 0. The van der Waals surface area contributed by atoms with Crippen LogP contribution >= 0.6 is 0 Å². The zero-order valence-corrected chi connectivity index (χ0v) is 54.4. The molecule has 0 unspecified atom stereocenters. The van der Waals surface area contributed by atoms with Crippen LogP contribution in [-0.2, 0) is 427 Å². The van der Waals surface area contributed by atoms with Crippen LogP contribution in [0.4, 0.5) is 0 Å². The Hall–Kier alpha value is 18.6. The smallest absolute Gasteiger partial charge is 1.00 e. The molecule has 58 heteroatoms. The molecule has 0 nitrogen and oxygen atoms in total. The van der Waals surface area contributed by atoms with Crippen LogP contribution in [0.1, 0.15) is 94.2 Å². The fraction of sp³-hybridized carbons (Fsp3) is 0. The standard InChI is InChI=1S/33Be.25Cu.66H/q33*+2;;;;;;;;;;;;;;;;;;;;;;;;;;66*-1. The van der Waals surface area contributed by atoms with E-state index in [0.717, 1.165) is 0 Å². The summed E-state index contributed by atoms with van der Waals surface area (Å²) in [6.45, 7) is 0. The minimum Gasteiger partial charge on any atom is -1.00 e. The van der Waals surface area contributed by atoms with Crippen molar-refractivity contribution in [2.24, 2.45) is 0 Å². The third-order valence-electron chi connectivity index (χ3n) is 0. The van der Waals surface area contributed by atoms with Crippen LogP contribution in [-0.4, -0.2) is 334 Å². The molecule has 0 aliphatic rings. The molecule has 0 aromatic carbocycles. The van der Waals surface area contributed by atoms with Gasteiger partial charge in [0.25, 0.3) is 0 Å². The van der Waals surface area contributed by atoms with Crippen molar-refractivity contribution in [2.75, 3.05) is 0 Å². The second-order valence-electron chi connectivity index (χ2n) is 0. The van der Waals surface area contributed by atoms with Crippen LogP contribution in [0.3, 0.4) is 0 Å². The fourth-order valence-electron chi connectivity index (χ4n) is 0. The Balaban J connectivity index is 0. The molecule has 0 heterocycles. The van der Waals surface area contributed by atoms with Crippen molar-refractivity contribution in [3.63, 3.8) is 0 Å². The molecule has 58 heavy (non-hydrogen) atoms. The van der Waals surface area contributed by atoms with Crippen LogP contribution < -0.4 is 0 Å². The van der Waals surface area contributed by atoms with Gasteiger partial charge in [-0.2, -0.15) is 0 Å². The first-order valence-corrected chi connectivity index (χ1v) is 0. The van der Waals surface area contributed by atoms with Gasteiger partial charge in [-0.05, 0) is 0 Å². The van der Waals surface area contributed by atoms with Crippen molar-refractivity contribution in [2.45, 2.75) is 0 Å². The van der Waals surface area contributed by atoms with Crippen molar-refractivity contribution < 1.29 is 521 Å². The van der Waals surface area contributed by atoms with Gasteiger partial charge in [0.2, 0.25) is 0 Å². The molecular formula is H66Be33Cu25. The molecule has 0 rings (SSSR count). The predicted molar refractivity (Wildman–Crippen MR) is 263 cm³/mol. The Bertz CT molecular complexity index is 181. The van der Waals surface area contributed by atoms with Crippen LogP contribution in [0, 0.1) is 0 Å². The molecule has 0 N–H and O–H groups in total. The van der Waals surface area contributed by atoms with Crippen molar-refractivity contribution in [1.29, 1.82) is 0 Å². The maximum atomic E-state index is 0. The topological polar surface area (TPSA) is 0 Å². The van der Waals surface area contributed by atoms with Crippen LogP contribution in [0.25, 0.3) is 0 Å². The van der Waals surface area contributed by atoms with Crippen molar-refractivity contribution in [1.82, 2.24) is 0 Å². The van der Waals surface area contributed by atoms with E-state index in [0.29, 0.717) is 0 Å². The Kier molecular flexibility index (Phi) is 26700. The first kappa shape index (κ1) is 1270. The van der Waals surface area contributed by atoms with Gasteiger partial charge in [-0.15, -0.1) is 0 Å². The van der Waals surface area contributed by atoms with Gasteiger partial charge >= 0.3 is 334 Å². The summed E-state index contributed by atoms with van der Waals surface area (Å²) in [7, 11) is 0. The first-order chi connectivity index (χ1) is 0. The van der Waals surface area contributed by atoms with E-state index in [9.17, 15) is 0 Å². The molecule has 0 bridgehead atoms. The predicted octanol–water partition coefficient (Wildman–Crippen LogP) is -5.20. The van der Waals surface area contributed by atoms with E-state index in [1.165, 1.54) is 0 Å². The summed E-state index contributed by atoms with van der Waals surface area (Å²) in [6.07, 6.45) is 0. The molecule has 0 aliphatic carbocycles. The Morgan fingerprint density at radius 2 is 0.0517 bits per heavy atom. The van der Waals surface area contributed by atoms with Gasteiger partial charge in [-0.25, -0.2) is 0 Å². The maximum Gasteiger partial charge on any atom is 2.00 e. The molecule has 0 aromatic rings.